The number of nitrogens with zero attached hydrogens (tertiary/aromatic N) is 1. The van der Waals surface area contributed by atoms with Gasteiger partial charge in [0.05, 0.1) is 6.42 Å². The summed E-state index contributed by atoms with van der Waals surface area (Å²) < 4.78 is 0. The van der Waals surface area contributed by atoms with Gasteiger partial charge in [0, 0.05) is 26.1 Å². The zero-order chi connectivity index (χ0) is 10.4. The predicted molar refractivity (Wildman–Crippen MR) is 48.1 cm³/mol. The number of carbonyl (C=O) groups excluding carboxylic acids is 1. The SMILES string of the molecule is CC(CN)C(=O)N(C)CCC(=O)O. The number of aliphatic carboxylic acids is 1. The van der Waals surface area contributed by atoms with Crippen molar-refractivity contribution in [3.05, 3.63) is 0 Å². The third kappa shape index (κ3) is 4.47. The van der Waals surface area contributed by atoms with E-state index in [4.69, 9.17) is 10.8 Å². The first-order valence-electron chi connectivity index (χ1n) is 4.15. The molecule has 0 spiro atoms. The third-order valence-corrected chi connectivity index (χ3v) is 1.81. The molecule has 5 heteroatoms. The lowest BCUT2D eigenvalue weighted by molar-refractivity contribution is -0.138. The van der Waals surface area contributed by atoms with E-state index in [1.165, 1.54) is 4.90 Å². The maximum absolute atomic E-state index is 11.3. The molecule has 1 atom stereocenters. The number of nitrogens with two attached hydrogens (primary N) is 1. The Labute approximate surface area is 77.5 Å². The average Bonchev–Trinajstić information content (AvgIpc) is 2.11. The lowest BCUT2D eigenvalue weighted by Crippen LogP contribution is -2.36. The van der Waals surface area contributed by atoms with Crippen LogP contribution in [0, 0.1) is 5.92 Å². The first-order chi connectivity index (χ1) is 5.99. The van der Waals surface area contributed by atoms with Crippen molar-refractivity contribution in [1.29, 1.82) is 0 Å². The van der Waals surface area contributed by atoms with Crippen molar-refractivity contribution in [3.8, 4) is 0 Å². The quantitative estimate of drug-likeness (QED) is 0.610. The van der Waals surface area contributed by atoms with Crippen molar-refractivity contribution < 1.29 is 14.7 Å². The predicted octanol–water partition coefficient (Wildman–Crippen LogP) is -0.486. The third-order valence-electron chi connectivity index (χ3n) is 1.81. The highest BCUT2D eigenvalue weighted by molar-refractivity contribution is 5.79. The molecule has 1 amide bonds. The highest BCUT2D eigenvalue weighted by atomic mass is 16.4. The van der Waals surface area contributed by atoms with Crippen molar-refractivity contribution in [2.24, 2.45) is 11.7 Å². The minimum Gasteiger partial charge on any atom is -0.481 e. The Hall–Kier alpha value is -1.10. The highest BCUT2D eigenvalue weighted by Crippen LogP contribution is 1.99. The van der Waals surface area contributed by atoms with E-state index < -0.39 is 5.97 Å². The Morgan fingerprint density at radius 1 is 1.54 bits per heavy atom. The smallest absolute Gasteiger partial charge is 0.305 e. The van der Waals surface area contributed by atoms with Crippen LogP contribution in [0.3, 0.4) is 0 Å². The number of amides is 1. The Bertz CT molecular complexity index is 194. The fourth-order valence-electron chi connectivity index (χ4n) is 0.851. The summed E-state index contributed by atoms with van der Waals surface area (Å²) in [6.45, 7) is 2.24. The average molecular weight is 188 g/mol. The van der Waals surface area contributed by atoms with E-state index in [-0.39, 0.29) is 31.3 Å². The van der Waals surface area contributed by atoms with Crippen LogP contribution < -0.4 is 5.73 Å². The summed E-state index contributed by atoms with van der Waals surface area (Å²) in [6.07, 6.45) is -0.0282. The van der Waals surface area contributed by atoms with Gasteiger partial charge in [0.25, 0.3) is 0 Å². The molecule has 0 aliphatic rings. The van der Waals surface area contributed by atoms with Crippen LogP contribution in [0.1, 0.15) is 13.3 Å². The number of carboxylic acids is 1. The van der Waals surface area contributed by atoms with Gasteiger partial charge < -0.3 is 15.7 Å². The lowest BCUT2D eigenvalue weighted by atomic mass is 10.1. The molecule has 0 aromatic heterocycles. The van der Waals surface area contributed by atoms with E-state index in [2.05, 4.69) is 0 Å². The van der Waals surface area contributed by atoms with Gasteiger partial charge in [0.15, 0.2) is 0 Å². The summed E-state index contributed by atoms with van der Waals surface area (Å²) in [7, 11) is 1.58. The van der Waals surface area contributed by atoms with E-state index in [1.54, 1.807) is 14.0 Å². The minimum absolute atomic E-state index is 0.0282. The lowest BCUT2D eigenvalue weighted by Gasteiger charge is -2.19. The second kappa shape index (κ2) is 5.53. The number of hydrogen-bond donors (Lipinski definition) is 2. The van der Waals surface area contributed by atoms with E-state index in [0.717, 1.165) is 0 Å². The van der Waals surface area contributed by atoms with E-state index in [0.29, 0.717) is 0 Å². The molecule has 0 aliphatic carbocycles. The van der Waals surface area contributed by atoms with Gasteiger partial charge in [-0.05, 0) is 0 Å². The standard InChI is InChI=1S/C8H16N2O3/c1-6(5-9)8(13)10(2)4-3-7(11)12/h6H,3-5,9H2,1-2H3,(H,11,12). The number of carbonyl (C=O) groups is 2. The second-order valence-corrected chi connectivity index (χ2v) is 3.04. The zero-order valence-corrected chi connectivity index (χ0v) is 7.99. The van der Waals surface area contributed by atoms with Crippen LogP contribution in [-0.2, 0) is 9.59 Å². The Kier molecular flexibility index (Phi) is 5.06. The Morgan fingerprint density at radius 3 is 2.46 bits per heavy atom. The molecule has 0 radical (unpaired) electrons. The van der Waals surface area contributed by atoms with Crippen molar-refractivity contribution >= 4 is 11.9 Å². The van der Waals surface area contributed by atoms with Gasteiger partial charge in [-0.3, -0.25) is 9.59 Å². The molecule has 0 saturated heterocycles. The molecule has 0 heterocycles. The molecule has 76 valence electrons. The van der Waals surface area contributed by atoms with Crippen LogP contribution in [0.15, 0.2) is 0 Å². The normalized spacial score (nSPS) is 12.2. The molecule has 0 bridgehead atoms. The molecule has 0 rings (SSSR count). The summed E-state index contributed by atoms with van der Waals surface area (Å²) in [4.78, 5) is 22.9. The van der Waals surface area contributed by atoms with Gasteiger partial charge in [-0.1, -0.05) is 6.92 Å². The molecule has 5 nitrogen and oxygen atoms in total. The maximum atomic E-state index is 11.3. The van der Waals surface area contributed by atoms with Gasteiger partial charge in [0.2, 0.25) is 5.91 Å². The topological polar surface area (TPSA) is 83.6 Å². The van der Waals surface area contributed by atoms with Crippen molar-refractivity contribution in [2.45, 2.75) is 13.3 Å². The molecule has 13 heavy (non-hydrogen) atoms. The molecular formula is C8H16N2O3. The molecular weight excluding hydrogens is 172 g/mol. The van der Waals surface area contributed by atoms with Crippen LogP contribution >= 0.6 is 0 Å². The number of carboxylic acid groups (broad SMARTS) is 1. The first kappa shape index (κ1) is 11.9. The highest BCUT2D eigenvalue weighted by Gasteiger charge is 2.15. The zero-order valence-electron chi connectivity index (χ0n) is 7.99. The number of rotatable bonds is 5. The van der Waals surface area contributed by atoms with Crippen molar-refractivity contribution in [1.82, 2.24) is 4.90 Å². The van der Waals surface area contributed by atoms with Gasteiger partial charge in [-0.25, -0.2) is 0 Å². The van der Waals surface area contributed by atoms with Gasteiger partial charge >= 0.3 is 5.97 Å². The van der Waals surface area contributed by atoms with Crippen molar-refractivity contribution in [2.75, 3.05) is 20.1 Å². The summed E-state index contributed by atoms with van der Waals surface area (Å²) in [5.41, 5.74) is 5.30. The largest absolute Gasteiger partial charge is 0.481 e. The van der Waals surface area contributed by atoms with E-state index in [1.807, 2.05) is 0 Å². The van der Waals surface area contributed by atoms with Crippen LogP contribution in [0.4, 0.5) is 0 Å². The van der Waals surface area contributed by atoms with Crippen LogP contribution in [-0.4, -0.2) is 42.0 Å². The maximum Gasteiger partial charge on any atom is 0.305 e. The van der Waals surface area contributed by atoms with Gasteiger partial charge in [-0.2, -0.15) is 0 Å². The monoisotopic (exact) mass is 188 g/mol. The van der Waals surface area contributed by atoms with Gasteiger partial charge in [-0.15, -0.1) is 0 Å². The second-order valence-electron chi connectivity index (χ2n) is 3.04. The molecule has 0 saturated carbocycles. The fourth-order valence-corrected chi connectivity index (χ4v) is 0.851. The summed E-state index contributed by atoms with van der Waals surface area (Å²) >= 11 is 0. The molecule has 0 aromatic rings. The van der Waals surface area contributed by atoms with Crippen LogP contribution in [0.5, 0.6) is 0 Å². The minimum atomic E-state index is -0.903. The molecule has 0 fully saturated rings. The van der Waals surface area contributed by atoms with Gasteiger partial charge in [0.1, 0.15) is 0 Å². The molecule has 0 aliphatic heterocycles. The molecule has 1 unspecified atom stereocenters. The fraction of sp³-hybridized carbons (Fsp3) is 0.750. The first-order valence-corrected chi connectivity index (χ1v) is 4.15. The summed E-state index contributed by atoms with van der Waals surface area (Å²) in [5, 5.41) is 8.38. The van der Waals surface area contributed by atoms with Crippen molar-refractivity contribution in [3.63, 3.8) is 0 Å². The summed E-state index contributed by atoms with van der Waals surface area (Å²) in [6, 6.07) is 0. The van der Waals surface area contributed by atoms with Crippen LogP contribution in [0.25, 0.3) is 0 Å². The Balaban J connectivity index is 3.89. The number of hydrogen-bond acceptors (Lipinski definition) is 3. The Morgan fingerprint density at radius 2 is 2.08 bits per heavy atom. The summed E-state index contributed by atoms with van der Waals surface area (Å²) in [5.74, 6) is -1.25. The molecule has 3 N–H and O–H groups in total. The van der Waals surface area contributed by atoms with Crippen LogP contribution in [0.2, 0.25) is 0 Å². The van der Waals surface area contributed by atoms with E-state index >= 15 is 0 Å². The van der Waals surface area contributed by atoms with E-state index in [9.17, 15) is 9.59 Å². The molecule has 0 aromatic carbocycles.